The molecule has 1 atom stereocenters. The van der Waals surface area contributed by atoms with Crippen LogP contribution in [-0.2, 0) is 4.74 Å². The third-order valence-electron chi connectivity index (χ3n) is 4.03. The molecule has 1 aliphatic heterocycles. The lowest BCUT2D eigenvalue weighted by molar-refractivity contribution is -0.00421. The van der Waals surface area contributed by atoms with Crippen molar-refractivity contribution in [2.24, 2.45) is 0 Å². The monoisotopic (exact) mass is 300 g/mol. The predicted octanol–water partition coefficient (Wildman–Crippen LogP) is 5.29. The first kappa shape index (κ1) is 14.9. The lowest BCUT2D eigenvalue weighted by Crippen LogP contribution is -2.20. The summed E-state index contributed by atoms with van der Waals surface area (Å²) in [6.07, 6.45) is 2.46. The summed E-state index contributed by atoms with van der Waals surface area (Å²) >= 11 is 0. The zero-order valence-corrected chi connectivity index (χ0v) is 12.6. The maximum Gasteiger partial charge on any atom is 0.123 e. The van der Waals surface area contributed by atoms with Crippen LogP contribution in [0.4, 0.5) is 8.78 Å². The Hall–Kier alpha value is -2.00. The van der Waals surface area contributed by atoms with Crippen molar-refractivity contribution in [1.82, 2.24) is 0 Å². The SMILES string of the molecule is CC1(C)OC(c2cccc(F)c2)C/C1=C/c1cccc(F)c1. The molecule has 1 nitrogen and oxygen atoms in total. The molecule has 22 heavy (non-hydrogen) atoms. The third kappa shape index (κ3) is 3.09. The number of ether oxygens (including phenoxy) is 1. The highest BCUT2D eigenvalue weighted by Gasteiger charge is 2.37. The highest BCUT2D eigenvalue weighted by molar-refractivity contribution is 5.56. The Labute approximate surface area is 129 Å². The van der Waals surface area contributed by atoms with Gasteiger partial charge < -0.3 is 4.74 Å². The van der Waals surface area contributed by atoms with Crippen LogP contribution in [-0.4, -0.2) is 5.60 Å². The fourth-order valence-electron chi connectivity index (χ4n) is 2.84. The summed E-state index contributed by atoms with van der Waals surface area (Å²) in [6.45, 7) is 3.97. The summed E-state index contributed by atoms with van der Waals surface area (Å²) in [5.74, 6) is -0.519. The van der Waals surface area contributed by atoms with Gasteiger partial charge in [-0.3, -0.25) is 0 Å². The first-order chi connectivity index (χ1) is 10.4. The van der Waals surface area contributed by atoms with Crippen molar-refractivity contribution in [2.75, 3.05) is 0 Å². The van der Waals surface area contributed by atoms with E-state index in [1.165, 1.54) is 24.3 Å². The average molecular weight is 300 g/mol. The first-order valence-corrected chi connectivity index (χ1v) is 7.34. The zero-order valence-electron chi connectivity index (χ0n) is 12.6. The summed E-state index contributed by atoms with van der Waals surface area (Å²) in [6, 6.07) is 13.0. The Kier molecular flexibility index (Phi) is 3.83. The van der Waals surface area contributed by atoms with E-state index in [0.29, 0.717) is 6.42 Å². The largest absolute Gasteiger partial charge is 0.363 e. The van der Waals surface area contributed by atoms with Crippen LogP contribution < -0.4 is 0 Å². The van der Waals surface area contributed by atoms with Gasteiger partial charge in [-0.05, 0) is 54.8 Å². The molecule has 0 aliphatic carbocycles. The van der Waals surface area contributed by atoms with Gasteiger partial charge in [0.25, 0.3) is 0 Å². The van der Waals surface area contributed by atoms with Gasteiger partial charge in [-0.25, -0.2) is 8.78 Å². The Bertz CT molecular complexity index is 719. The van der Waals surface area contributed by atoms with Gasteiger partial charge in [-0.1, -0.05) is 30.3 Å². The fraction of sp³-hybridized carbons (Fsp3) is 0.263. The van der Waals surface area contributed by atoms with Crippen LogP contribution in [0.15, 0.2) is 54.1 Å². The first-order valence-electron chi connectivity index (χ1n) is 7.34. The Morgan fingerprint density at radius 2 is 1.73 bits per heavy atom. The van der Waals surface area contributed by atoms with Crippen molar-refractivity contribution < 1.29 is 13.5 Å². The maximum absolute atomic E-state index is 13.4. The molecule has 3 heteroatoms. The highest BCUT2D eigenvalue weighted by atomic mass is 19.1. The van der Waals surface area contributed by atoms with Gasteiger partial charge in [0.05, 0.1) is 11.7 Å². The topological polar surface area (TPSA) is 9.23 Å². The molecule has 1 unspecified atom stereocenters. The summed E-state index contributed by atoms with van der Waals surface area (Å²) in [5, 5.41) is 0. The highest BCUT2D eigenvalue weighted by Crippen LogP contribution is 2.43. The van der Waals surface area contributed by atoms with Crippen LogP contribution in [0.2, 0.25) is 0 Å². The molecule has 0 saturated carbocycles. The van der Waals surface area contributed by atoms with E-state index in [-0.39, 0.29) is 17.7 Å². The number of rotatable bonds is 2. The summed E-state index contributed by atoms with van der Waals surface area (Å²) < 4.78 is 32.8. The molecule has 3 rings (SSSR count). The summed E-state index contributed by atoms with van der Waals surface area (Å²) in [5.41, 5.74) is 2.26. The third-order valence-corrected chi connectivity index (χ3v) is 4.03. The van der Waals surface area contributed by atoms with Gasteiger partial charge in [0.15, 0.2) is 0 Å². The number of benzene rings is 2. The van der Waals surface area contributed by atoms with Gasteiger partial charge in [0, 0.05) is 6.42 Å². The smallest absolute Gasteiger partial charge is 0.123 e. The number of halogens is 2. The molecule has 0 spiro atoms. The molecule has 0 aromatic heterocycles. The second kappa shape index (κ2) is 5.65. The van der Waals surface area contributed by atoms with Crippen LogP contribution in [0.1, 0.15) is 37.5 Å². The van der Waals surface area contributed by atoms with E-state index in [4.69, 9.17) is 4.74 Å². The van der Waals surface area contributed by atoms with Crippen LogP contribution in [0.25, 0.3) is 6.08 Å². The molecule has 2 aromatic rings. The van der Waals surface area contributed by atoms with E-state index in [1.807, 2.05) is 32.1 Å². The van der Waals surface area contributed by atoms with Gasteiger partial charge in [0.1, 0.15) is 11.6 Å². The van der Waals surface area contributed by atoms with Gasteiger partial charge >= 0.3 is 0 Å². The van der Waals surface area contributed by atoms with Crippen LogP contribution in [0, 0.1) is 11.6 Å². The van der Waals surface area contributed by atoms with E-state index in [2.05, 4.69) is 0 Å². The second-order valence-corrected chi connectivity index (χ2v) is 6.10. The van der Waals surface area contributed by atoms with Gasteiger partial charge in [-0.2, -0.15) is 0 Å². The Balaban J connectivity index is 1.90. The quantitative estimate of drug-likeness (QED) is 0.732. The maximum atomic E-state index is 13.4. The zero-order chi connectivity index (χ0) is 15.7. The van der Waals surface area contributed by atoms with Crippen LogP contribution in [0.5, 0.6) is 0 Å². The van der Waals surface area contributed by atoms with E-state index in [9.17, 15) is 8.78 Å². The second-order valence-electron chi connectivity index (χ2n) is 6.10. The van der Waals surface area contributed by atoms with Crippen molar-refractivity contribution in [3.63, 3.8) is 0 Å². The Morgan fingerprint density at radius 3 is 2.41 bits per heavy atom. The van der Waals surface area contributed by atoms with E-state index in [1.54, 1.807) is 12.1 Å². The molecule has 0 amide bonds. The van der Waals surface area contributed by atoms with Crippen molar-refractivity contribution in [3.05, 3.63) is 76.9 Å². The van der Waals surface area contributed by atoms with Crippen LogP contribution in [0.3, 0.4) is 0 Å². The minimum absolute atomic E-state index is 0.175. The van der Waals surface area contributed by atoms with Crippen molar-refractivity contribution >= 4 is 6.08 Å². The summed E-state index contributed by atoms with van der Waals surface area (Å²) in [7, 11) is 0. The van der Waals surface area contributed by atoms with E-state index >= 15 is 0 Å². The molecule has 1 heterocycles. The minimum Gasteiger partial charge on any atom is -0.363 e. The van der Waals surface area contributed by atoms with E-state index < -0.39 is 5.60 Å². The lowest BCUT2D eigenvalue weighted by Gasteiger charge is -2.21. The molecular weight excluding hydrogens is 282 g/mol. The average Bonchev–Trinajstić information content (AvgIpc) is 2.74. The standard InChI is InChI=1S/C19H18F2O/c1-19(2)15(9-13-5-3-7-16(20)10-13)12-18(22-19)14-6-4-8-17(21)11-14/h3-11,18H,12H2,1-2H3/b15-9-. The van der Waals surface area contributed by atoms with Gasteiger partial charge in [0.2, 0.25) is 0 Å². The summed E-state index contributed by atoms with van der Waals surface area (Å²) in [4.78, 5) is 0. The molecule has 2 aromatic carbocycles. The van der Waals surface area contributed by atoms with E-state index in [0.717, 1.165) is 16.7 Å². The number of hydrogen-bond donors (Lipinski definition) is 0. The van der Waals surface area contributed by atoms with Crippen molar-refractivity contribution in [2.45, 2.75) is 32.0 Å². The van der Waals surface area contributed by atoms with Gasteiger partial charge in [-0.15, -0.1) is 0 Å². The predicted molar refractivity (Wildman–Crippen MR) is 83.3 cm³/mol. The molecule has 0 radical (unpaired) electrons. The molecule has 1 aliphatic rings. The number of hydrogen-bond acceptors (Lipinski definition) is 1. The molecule has 114 valence electrons. The van der Waals surface area contributed by atoms with Crippen LogP contribution >= 0.6 is 0 Å². The minimum atomic E-state index is -0.455. The lowest BCUT2D eigenvalue weighted by atomic mass is 9.93. The van der Waals surface area contributed by atoms with Crippen molar-refractivity contribution in [3.8, 4) is 0 Å². The molecule has 0 bridgehead atoms. The normalized spacial score (nSPS) is 22.2. The van der Waals surface area contributed by atoms with Crippen molar-refractivity contribution in [1.29, 1.82) is 0 Å². The molecule has 1 saturated heterocycles. The molecular formula is C19H18F2O. The molecule has 0 N–H and O–H groups in total. The fourth-order valence-corrected chi connectivity index (χ4v) is 2.84. The molecule has 1 fully saturated rings. The Morgan fingerprint density at radius 1 is 1.05 bits per heavy atom.